The minimum absolute atomic E-state index is 0.195. The Kier molecular flexibility index (Phi) is 2.87. The van der Waals surface area contributed by atoms with E-state index in [9.17, 15) is 9.59 Å². The van der Waals surface area contributed by atoms with Gasteiger partial charge < -0.3 is 14.6 Å². The number of ether oxygens (including phenoxy) is 2. The molecule has 1 aliphatic rings. The smallest absolute Gasteiger partial charge is 0.309 e. The molecule has 0 saturated heterocycles. The lowest BCUT2D eigenvalue weighted by Crippen LogP contribution is -2.10. The topological polar surface area (TPSA) is 72.8 Å². The van der Waals surface area contributed by atoms with Crippen molar-refractivity contribution in [2.24, 2.45) is 17.8 Å². The van der Waals surface area contributed by atoms with Gasteiger partial charge in [-0.05, 0) is 0 Å². The Hall–Kier alpha value is -1.10. The summed E-state index contributed by atoms with van der Waals surface area (Å²) >= 11 is 0. The Bertz CT molecular complexity index is 203. The first-order valence-electron chi connectivity index (χ1n) is 3.93. The van der Waals surface area contributed by atoms with Gasteiger partial charge >= 0.3 is 11.9 Å². The maximum atomic E-state index is 11.0. The van der Waals surface area contributed by atoms with Crippen LogP contribution in [0.3, 0.4) is 0 Å². The van der Waals surface area contributed by atoms with Gasteiger partial charge in [0.1, 0.15) is 0 Å². The van der Waals surface area contributed by atoms with E-state index >= 15 is 0 Å². The predicted molar refractivity (Wildman–Crippen MR) is 41.6 cm³/mol. The van der Waals surface area contributed by atoms with Gasteiger partial charge in [-0.3, -0.25) is 9.59 Å². The first-order chi connectivity index (χ1) is 6.17. The first-order valence-corrected chi connectivity index (χ1v) is 3.93. The third-order valence-electron chi connectivity index (χ3n) is 2.33. The summed E-state index contributed by atoms with van der Waals surface area (Å²) in [5.41, 5.74) is 0. The zero-order valence-electron chi connectivity index (χ0n) is 7.52. The van der Waals surface area contributed by atoms with Crippen LogP contribution in [0.25, 0.3) is 0 Å². The van der Waals surface area contributed by atoms with E-state index in [1.165, 1.54) is 14.2 Å². The van der Waals surface area contributed by atoms with Gasteiger partial charge in [0.15, 0.2) is 0 Å². The predicted octanol–water partition coefficient (Wildman–Crippen LogP) is -0.813. The minimum atomic E-state index is -0.526. The molecule has 1 saturated carbocycles. The second-order valence-electron chi connectivity index (χ2n) is 2.94. The molecule has 0 aliphatic heterocycles. The van der Waals surface area contributed by atoms with Crippen LogP contribution in [0.15, 0.2) is 0 Å². The molecular weight excluding hydrogens is 176 g/mol. The summed E-state index contributed by atoms with van der Waals surface area (Å²) < 4.78 is 8.95. The van der Waals surface area contributed by atoms with Crippen LogP contribution in [-0.4, -0.2) is 37.9 Å². The van der Waals surface area contributed by atoms with E-state index in [1.54, 1.807) is 0 Å². The molecule has 1 N–H and O–H groups in total. The lowest BCUT2D eigenvalue weighted by Gasteiger charge is -1.96. The van der Waals surface area contributed by atoms with E-state index in [0.717, 1.165) is 0 Å². The summed E-state index contributed by atoms with van der Waals surface area (Å²) in [5, 5.41) is 8.82. The third-order valence-corrected chi connectivity index (χ3v) is 2.33. The van der Waals surface area contributed by atoms with Crippen molar-refractivity contribution in [3.05, 3.63) is 0 Å². The maximum absolute atomic E-state index is 11.0. The van der Waals surface area contributed by atoms with Gasteiger partial charge in [-0.1, -0.05) is 0 Å². The number of rotatable bonds is 3. The van der Waals surface area contributed by atoms with Crippen molar-refractivity contribution in [1.29, 1.82) is 0 Å². The van der Waals surface area contributed by atoms with Crippen LogP contribution in [0.2, 0.25) is 0 Å². The van der Waals surface area contributed by atoms with Gasteiger partial charge in [0.25, 0.3) is 0 Å². The Labute approximate surface area is 75.6 Å². The summed E-state index contributed by atoms with van der Waals surface area (Å²) in [6.07, 6.45) is 0. The average molecular weight is 188 g/mol. The van der Waals surface area contributed by atoms with Crippen molar-refractivity contribution >= 4 is 11.9 Å². The standard InChI is InChI=1S/C8H12O5/c1-12-7(10)5-4(3-9)6(5)8(11)13-2/h4-6,9H,3H2,1-2H3/t4?,5-,6+. The Morgan fingerprint density at radius 2 is 1.54 bits per heavy atom. The van der Waals surface area contributed by atoms with Gasteiger partial charge in [0.05, 0.1) is 26.1 Å². The summed E-state index contributed by atoms with van der Waals surface area (Å²) in [7, 11) is 2.51. The van der Waals surface area contributed by atoms with E-state index < -0.39 is 23.8 Å². The molecular formula is C8H12O5. The molecule has 0 heterocycles. The van der Waals surface area contributed by atoms with Crippen molar-refractivity contribution in [2.45, 2.75) is 0 Å². The van der Waals surface area contributed by atoms with Crippen LogP contribution in [0, 0.1) is 17.8 Å². The summed E-state index contributed by atoms with van der Waals surface area (Å²) in [6.45, 7) is -0.195. The van der Waals surface area contributed by atoms with E-state index in [1.807, 2.05) is 0 Å². The molecule has 0 radical (unpaired) electrons. The third kappa shape index (κ3) is 1.65. The number of aliphatic hydroxyl groups is 1. The molecule has 1 aliphatic carbocycles. The summed E-state index contributed by atoms with van der Waals surface area (Å²) in [5.74, 6) is -2.31. The molecule has 1 rings (SSSR count). The second-order valence-corrected chi connectivity index (χ2v) is 2.94. The minimum Gasteiger partial charge on any atom is -0.469 e. The van der Waals surface area contributed by atoms with Crippen LogP contribution in [0.5, 0.6) is 0 Å². The molecule has 5 nitrogen and oxygen atoms in total. The lowest BCUT2D eigenvalue weighted by atomic mass is 10.3. The molecule has 1 unspecified atom stereocenters. The molecule has 0 aromatic rings. The molecule has 5 heteroatoms. The highest BCUT2D eigenvalue weighted by atomic mass is 16.5. The van der Waals surface area contributed by atoms with Gasteiger partial charge in [0.2, 0.25) is 0 Å². The zero-order chi connectivity index (χ0) is 10.0. The van der Waals surface area contributed by atoms with Crippen molar-refractivity contribution in [2.75, 3.05) is 20.8 Å². The first kappa shape index (κ1) is 9.98. The Morgan fingerprint density at radius 1 is 1.15 bits per heavy atom. The molecule has 3 atom stereocenters. The van der Waals surface area contributed by atoms with Crippen LogP contribution >= 0.6 is 0 Å². The zero-order valence-corrected chi connectivity index (χ0v) is 7.52. The molecule has 74 valence electrons. The van der Waals surface area contributed by atoms with Crippen molar-refractivity contribution in [3.8, 4) is 0 Å². The molecule has 0 bridgehead atoms. The average Bonchev–Trinajstić information content (AvgIpc) is 2.89. The van der Waals surface area contributed by atoms with Crippen LogP contribution in [-0.2, 0) is 19.1 Å². The normalized spacial score (nSPS) is 30.8. The van der Waals surface area contributed by atoms with E-state index in [2.05, 4.69) is 9.47 Å². The molecule has 0 aromatic carbocycles. The molecule has 0 spiro atoms. The quantitative estimate of drug-likeness (QED) is 0.586. The van der Waals surface area contributed by atoms with Crippen molar-refractivity contribution in [3.63, 3.8) is 0 Å². The van der Waals surface area contributed by atoms with E-state index in [-0.39, 0.29) is 12.5 Å². The highest BCUT2D eigenvalue weighted by molar-refractivity contribution is 5.88. The van der Waals surface area contributed by atoms with Crippen molar-refractivity contribution in [1.82, 2.24) is 0 Å². The second kappa shape index (κ2) is 3.74. The summed E-state index contributed by atoms with van der Waals surface area (Å²) in [4.78, 5) is 22.1. The number of esters is 2. The highest BCUT2D eigenvalue weighted by Crippen LogP contribution is 2.47. The lowest BCUT2D eigenvalue weighted by molar-refractivity contribution is -0.148. The highest BCUT2D eigenvalue weighted by Gasteiger charge is 2.60. The largest absolute Gasteiger partial charge is 0.469 e. The summed E-state index contributed by atoms with van der Waals surface area (Å²) in [6, 6.07) is 0. The van der Waals surface area contributed by atoms with E-state index in [0.29, 0.717) is 0 Å². The number of hydrogen-bond acceptors (Lipinski definition) is 5. The van der Waals surface area contributed by atoms with E-state index in [4.69, 9.17) is 5.11 Å². The van der Waals surface area contributed by atoms with Gasteiger partial charge in [-0.2, -0.15) is 0 Å². The van der Waals surface area contributed by atoms with Gasteiger partial charge in [-0.15, -0.1) is 0 Å². The van der Waals surface area contributed by atoms with Crippen LogP contribution < -0.4 is 0 Å². The van der Waals surface area contributed by atoms with Crippen molar-refractivity contribution < 1.29 is 24.2 Å². The van der Waals surface area contributed by atoms with Crippen LogP contribution in [0.1, 0.15) is 0 Å². The SMILES string of the molecule is COC(=O)[C@@H]1C(CO)[C@@H]1C(=O)OC. The Morgan fingerprint density at radius 3 is 1.77 bits per heavy atom. The molecule has 0 aromatic heterocycles. The number of aliphatic hydroxyl groups excluding tert-OH is 1. The molecule has 13 heavy (non-hydrogen) atoms. The van der Waals surface area contributed by atoms with Gasteiger partial charge in [-0.25, -0.2) is 0 Å². The van der Waals surface area contributed by atoms with Crippen LogP contribution in [0.4, 0.5) is 0 Å². The number of methoxy groups -OCH3 is 2. The maximum Gasteiger partial charge on any atom is 0.309 e. The van der Waals surface area contributed by atoms with Gasteiger partial charge in [0, 0.05) is 12.5 Å². The Balaban J connectivity index is 2.59. The molecule has 1 fully saturated rings. The number of carbonyl (C=O) groups excluding carboxylic acids is 2. The molecule has 0 amide bonds. The fourth-order valence-corrected chi connectivity index (χ4v) is 1.52. The fourth-order valence-electron chi connectivity index (χ4n) is 1.52. The fraction of sp³-hybridized carbons (Fsp3) is 0.750. The monoisotopic (exact) mass is 188 g/mol. The number of carbonyl (C=O) groups is 2. The number of hydrogen-bond donors (Lipinski definition) is 1.